The third-order valence-electron chi connectivity index (χ3n) is 5.47. The first-order valence-corrected chi connectivity index (χ1v) is 8.50. The molecule has 2 aliphatic heterocycles. The number of ether oxygens (including phenoxy) is 1. The second-order valence-electron chi connectivity index (χ2n) is 7.56. The highest BCUT2D eigenvalue weighted by atomic mass is 16.5. The molecule has 0 aromatic carbocycles. The molecule has 0 aromatic rings. The molecule has 2 heterocycles. The summed E-state index contributed by atoms with van der Waals surface area (Å²) in [6.45, 7) is 6.59. The minimum Gasteiger partial charge on any atom is -0.371 e. The van der Waals surface area contributed by atoms with E-state index in [0.717, 1.165) is 32.4 Å². The summed E-state index contributed by atoms with van der Waals surface area (Å²) < 4.78 is 6.16. The first-order valence-electron chi connectivity index (χ1n) is 8.50. The van der Waals surface area contributed by atoms with Gasteiger partial charge in [-0.2, -0.15) is 0 Å². The van der Waals surface area contributed by atoms with Crippen molar-refractivity contribution in [1.82, 2.24) is 4.90 Å². The van der Waals surface area contributed by atoms with Crippen LogP contribution in [0.3, 0.4) is 0 Å². The van der Waals surface area contributed by atoms with Gasteiger partial charge in [0.25, 0.3) is 0 Å². The Morgan fingerprint density at radius 2 is 2.05 bits per heavy atom. The maximum atomic E-state index is 12.1. The summed E-state index contributed by atoms with van der Waals surface area (Å²) in [4.78, 5) is 14.7. The van der Waals surface area contributed by atoms with Crippen LogP contribution in [0.1, 0.15) is 65.2 Å². The van der Waals surface area contributed by atoms with Gasteiger partial charge in [-0.3, -0.25) is 9.69 Å². The highest BCUT2D eigenvalue weighted by Crippen LogP contribution is 2.35. The van der Waals surface area contributed by atoms with E-state index in [4.69, 9.17) is 4.74 Å². The summed E-state index contributed by atoms with van der Waals surface area (Å²) in [5.41, 5.74) is 0.0547. The molecule has 0 amide bonds. The van der Waals surface area contributed by atoms with E-state index in [1.165, 1.54) is 32.1 Å². The number of hydrogen-bond donors (Lipinski definition) is 0. The van der Waals surface area contributed by atoms with Gasteiger partial charge in [-0.05, 0) is 58.9 Å². The van der Waals surface area contributed by atoms with Crippen LogP contribution in [0.4, 0.5) is 0 Å². The second-order valence-corrected chi connectivity index (χ2v) is 7.56. The van der Waals surface area contributed by atoms with Crippen LogP contribution in [0, 0.1) is 5.92 Å². The number of carbonyl (C=O) groups is 1. The van der Waals surface area contributed by atoms with E-state index in [1.54, 1.807) is 0 Å². The van der Waals surface area contributed by atoms with Gasteiger partial charge in [0, 0.05) is 24.9 Å². The Morgan fingerprint density at radius 1 is 1.20 bits per heavy atom. The minimum atomic E-state index is 0.0547. The van der Waals surface area contributed by atoms with E-state index < -0.39 is 0 Å². The summed E-state index contributed by atoms with van der Waals surface area (Å²) in [6, 6.07) is 0.506. The van der Waals surface area contributed by atoms with Crippen LogP contribution in [-0.4, -0.2) is 41.5 Å². The van der Waals surface area contributed by atoms with Crippen molar-refractivity contribution in [1.29, 1.82) is 0 Å². The maximum absolute atomic E-state index is 12.1. The van der Waals surface area contributed by atoms with E-state index in [9.17, 15) is 4.79 Å². The number of likely N-dealkylation sites (tertiary alicyclic amines) is 1. The summed E-state index contributed by atoms with van der Waals surface area (Å²) >= 11 is 0. The summed E-state index contributed by atoms with van der Waals surface area (Å²) in [5, 5.41) is 0. The Hall–Kier alpha value is -0.410. The molecular weight excluding hydrogens is 250 g/mol. The van der Waals surface area contributed by atoms with Crippen LogP contribution < -0.4 is 0 Å². The van der Waals surface area contributed by atoms with E-state index in [-0.39, 0.29) is 5.60 Å². The second kappa shape index (κ2) is 5.76. The van der Waals surface area contributed by atoms with Crippen LogP contribution in [0.2, 0.25) is 0 Å². The van der Waals surface area contributed by atoms with Crippen LogP contribution in [0.15, 0.2) is 0 Å². The number of hydrogen-bond acceptors (Lipinski definition) is 3. The van der Waals surface area contributed by atoms with Crippen molar-refractivity contribution in [3.05, 3.63) is 0 Å². The van der Waals surface area contributed by atoms with Crippen molar-refractivity contribution >= 4 is 5.78 Å². The van der Waals surface area contributed by atoms with Crippen LogP contribution in [0.5, 0.6) is 0 Å². The number of carbonyl (C=O) groups excluding carboxylic acids is 1. The average molecular weight is 279 g/mol. The monoisotopic (exact) mass is 279 g/mol. The van der Waals surface area contributed by atoms with Crippen LogP contribution in [-0.2, 0) is 9.53 Å². The molecular formula is C17H29NO2. The SMILES string of the molecule is CC1(C)CCC(CN2CCCCC2C2CCCC2=O)O1. The van der Waals surface area contributed by atoms with Gasteiger partial charge in [0.15, 0.2) is 0 Å². The van der Waals surface area contributed by atoms with Gasteiger partial charge in [0.1, 0.15) is 5.78 Å². The molecule has 1 saturated carbocycles. The predicted octanol–water partition coefficient (Wildman–Crippen LogP) is 3.17. The van der Waals surface area contributed by atoms with Gasteiger partial charge in [-0.25, -0.2) is 0 Å². The topological polar surface area (TPSA) is 29.5 Å². The normalized spacial score (nSPS) is 38.5. The van der Waals surface area contributed by atoms with Crippen LogP contribution in [0.25, 0.3) is 0 Å². The van der Waals surface area contributed by atoms with E-state index in [0.29, 0.717) is 23.8 Å². The molecule has 0 spiro atoms. The molecule has 3 nitrogen and oxygen atoms in total. The molecule has 3 fully saturated rings. The first kappa shape index (κ1) is 14.5. The zero-order valence-corrected chi connectivity index (χ0v) is 13.1. The molecule has 114 valence electrons. The lowest BCUT2D eigenvalue weighted by molar-refractivity contribution is -0.123. The Kier molecular flexibility index (Phi) is 4.19. The molecule has 0 N–H and O–H groups in total. The highest BCUT2D eigenvalue weighted by Gasteiger charge is 2.39. The quantitative estimate of drug-likeness (QED) is 0.794. The molecule has 20 heavy (non-hydrogen) atoms. The van der Waals surface area contributed by atoms with E-state index in [2.05, 4.69) is 18.7 Å². The number of rotatable bonds is 3. The average Bonchev–Trinajstić information content (AvgIpc) is 2.96. The number of piperidine rings is 1. The lowest BCUT2D eigenvalue weighted by Crippen LogP contribution is -2.48. The molecule has 3 rings (SSSR count). The number of ketones is 1. The van der Waals surface area contributed by atoms with Gasteiger partial charge in [-0.15, -0.1) is 0 Å². The standard InChI is InChI=1S/C17H29NO2/c1-17(2)10-9-13(20-17)12-18-11-4-3-7-15(18)14-6-5-8-16(14)19/h13-15H,3-12H2,1-2H3. The third kappa shape index (κ3) is 3.09. The molecule has 0 radical (unpaired) electrons. The smallest absolute Gasteiger partial charge is 0.137 e. The van der Waals surface area contributed by atoms with Crippen molar-refractivity contribution in [3.8, 4) is 0 Å². The third-order valence-corrected chi connectivity index (χ3v) is 5.47. The van der Waals surface area contributed by atoms with Gasteiger partial charge < -0.3 is 4.74 Å². The highest BCUT2D eigenvalue weighted by molar-refractivity contribution is 5.83. The Bertz CT molecular complexity index is 366. The van der Waals surface area contributed by atoms with Gasteiger partial charge in [-0.1, -0.05) is 6.42 Å². The molecule has 3 unspecified atom stereocenters. The molecule has 2 saturated heterocycles. The molecule has 3 atom stereocenters. The molecule has 0 aromatic heterocycles. The van der Waals surface area contributed by atoms with Crippen molar-refractivity contribution in [2.45, 2.75) is 83.0 Å². The maximum Gasteiger partial charge on any atom is 0.137 e. The Morgan fingerprint density at radius 3 is 2.70 bits per heavy atom. The Labute approximate surface area is 123 Å². The van der Waals surface area contributed by atoms with Gasteiger partial charge in [0.05, 0.1) is 11.7 Å². The summed E-state index contributed by atoms with van der Waals surface area (Å²) in [7, 11) is 0. The summed E-state index contributed by atoms with van der Waals surface area (Å²) in [6.07, 6.45) is 9.57. The van der Waals surface area contributed by atoms with Crippen molar-refractivity contribution in [2.75, 3.05) is 13.1 Å². The first-order chi connectivity index (χ1) is 9.55. The fraction of sp³-hybridized carbons (Fsp3) is 0.941. The Balaban J connectivity index is 1.62. The fourth-order valence-electron chi connectivity index (χ4n) is 4.42. The predicted molar refractivity (Wildman–Crippen MR) is 79.7 cm³/mol. The van der Waals surface area contributed by atoms with E-state index >= 15 is 0 Å². The number of nitrogens with zero attached hydrogens (tertiary/aromatic N) is 1. The molecule has 0 bridgehead atoms. The number of Topliss-reactive ketones (excluding diaryl/α,β-unsaturated/α-hetero) is 1. The minimum absolute atomic E-state index is 0.0547. The van der Waals surface area contributed by atoms with Gasteiger partial charge >= 0.3 is 0 Å². The van der Waals surface area contributed by atoms with Crippen molar-refractivity contribution in [2.24, 2.45) is 5.92 Å². The molecule has 3 heteroatoms. The van der Waals surface area contributed by atoms with Gasteiger partial charge in [0.2, 0.25) is 0 Å². The molecule has 1 aliphatic carbocycles. The largest absolute Gasteiger partial charge is 0.371 e. The molecule has 3 aliphatic rings. The van der Waals surface area contributed by atoms with E-state index in [1.807, 2.05) is 0 Å². The van der Waals surface area contributed by atoms with Crippen LogP contribution >= 0.6 is 0 Å². The lowest BCUT2D eigenvalue weighted by Gasteiger charge is -2.40. The fourth-order valence-corrected chi connectivity index (χ4v) is 4.42. The zero-order chi connectivity index (χ0) is 14.2. The summed E-state index contributed by atoms with van der Waals surface area (Å²) in [5.74, 6) is 0.847. The van der Waals surface area contributed by atoms with Crippen molar-refractivity contribution < 1.29 is 9.53 Å². The zero-order valence-electron chi connectivity index (χ0n) is 13.1. The lowest BCUT2D eigenvalue weighted by atomic mass is 9.88. The van der Waals surface area contributed by atoms with Crippen molar-refractivity contribution in [3.63, 3.8) is 0 Å².